The van der Waals surface area contributed by atoms with Crippen LogP contribution in [0, 0.1) is 54.8 Å². The van der Waals surface area contributed by atoms with E-state index in [1.165, 1.54) is 6.92 Å². The molecule has 0 radical (unpaired) electrons. The van der Waals surface area contributed by atoms with Gasteiger partial charge in [0.2, 0.25) is 24.1 Å². The molecule has 0 aliphatic carbocycles. The molecule has 2 rings (SSSR count). The number of rotatable bonds is 6. The van der Waals surface area contributed by atoms with Crippen LogP contribution >= 0.6 is 0 Å². The van der Waals surface area contributed by atoms with E-state index in [1.807, 2.05) is 6.07 Å². The highest BCUT2D eigenvalue weighted by Crippen LogP contribution is 2.33. The molecule has 37 heavy (non-hydrogen) atoms. The highest BCUT2D eigenvalue weighted by Gasteiger charge is 2.44. The molecule has 0 saturated carbocycles. The van der Waals surface area contributed by atoms with Crippen molar-refractivity contribution in [1.82, 2.24) is 20.9 Å². The molecule has 9 nitrogen and oxygen atoms in total. The number of amides is 4. The van der Waals surface area contributed by atoms with Crippen LogP contribution in [0.4, 0.5) is 13.2 Å². The molecule has 2 aliphatic heterocycles. The van der Waals surface area contributed by atoms with Crippen molar-refractivity contribution in [3.63, 3.8) is 0 Å². The minimum atomic E-state index is -4.25. The molecule has 0 spiro atoms. The number of terminal acetylenes is 2. The Bertz CT molecular complexity index is 767. The monoisotopic (exact) mass is 529 g/mol. The molecule has 3 atom stereocenters. The third kappa shape index (κ3) is 19.2. The number of nitrogens with one attached hydrogen (secondary N) is 3. The van der Waals surface area contributed by atoms with Gasteiger partial charge in [-0.1, -0.05) is 20.8 Å². The van der Waals surface area contributed by atoms with E-state index in [1.54, 1.807) is 0 Å². The van der Waals surface area contributed by atoms with Crippen LogP contribution in [0.15, 0.2) is 0 Å². The van der Waals surface area contributed by atoms with Gasteiger partial charge in [0, 0.05) is 32.5 Å². The first-order valence-corrected chi connectivity index (χ1v) is 11.4. The normalized spacial score (nSPS) is 18.2. The van der Waals surface area contributed by atoms with Crippen LogP contribution in [0.5, 0.6) is 0 Å². The van der Waals surface area contributed by atoms with E-state index >= 15 is 0 Å². The first-order chi connectivity index (χ1) is 17.3. The van der Waals surface area contributed by atoms with E-state index in [9.17, 15) is 32.3 Å². The van der Waals surface area contributed by atoms with Gasteiger partial charge in [0.05, 0.1) is 18.5 Å². The number of nitriles is 1. The minimum absolute atomic E-state index is 0.0204. The van der Waals surface area contributed by atoms with Gasteiger partial charge in [0.15, 0.2) is 0 Å². The summed E-state index contributed by atoms with van der Waals surface area (Å²) in [6, 6.07) is 1.38. The van der Waals surface area contributed by atoms with Gasteiger partial charge >= 0.3 is 6.18 Å². The number of hydrogen-bond acceptors (Lipinski definition) is 5. The van der Waals surface area contributed by atoms with Gasteiger partial charge in [-0.2, -0.15) is 18.4 Å². The minimum Gasteiger partial charge on any atom is -0.356 e. The van der Waals surface area contributed by atoms with E-state index in [2.05, 4.69) is 62.4 Å². The second-order valence-electron chi connectivity index (χ2n) is 8.49. The van der Waals surface area contributed by atoms with E-state index in [0.717, 1.165) is 17.2 Å². The van der Waals surface area contributed by atoms with E-state index in [4.69, 9.17) is 5.26 Å². The molecule has 0 unspecified atom stereocenters. The van der Waals surface area contributed by atoms with E-state index in [-0.39, 0.29) is 43.8 Å². The Labute approximate surface area is 217 Å². The molecule has 4 amide bonds. The van der Waals surface area contributed by atoms with Gasteiger partial charge in [0.1, 0.15) is 6.04 Å². The molecule has 208 valence electrons. The maximum Gasteiger partial charge on any atom is 0.393 e. The average Bonchev–Trinajstić information content (AvgIpc) is 3.49. The number of hydrogen-bond donors (Lipinski definition) is 3. The lowest BCUT2D eigenvalue weighted by Crippen LogP contribution is -2.39. The second-order valence-corrected chi connectivity index (χ2v) is 8.49. The summed E-state index contributed by atoms with van der Waals surface area (Å²) in [6.45, 7) is 7.98. The molecular formula is C25H38F3N5O4. The first-order valence-electron chi connectivity index (χ1n) is 11.4. The Morgan fingerprint density at radius 1 is 1.22 bits per heavy atom. The molecular weight excluding hydrogens is 491 g/mol. The zero-order chi connectivity index (χ0) is 29.6. The zero-order valence-electron chi connectivity index (χ0n) is 21.8. The van der Waals surface area contributed by atoms with Gasteiger partial charge in [-0.25, -0.2) is 0 Å². The van der Waals surface area contributed by atoms with Crippen LogP contribution in [0.1, 0.15) is 47.0 Å². The Hall–Kier alpha value is -3.72. The summed E-state index contributed by atoms with van der Waals surface area (Å²) < 4.78 is 36.9. The molecule has 0 bridgehead atoms. The number of likely N-dealkylation sites (tertiary alicyclic amines) is 1. The summed E-state index contributed by atoms with van der Waals surface area (Å²) in [6.07, 6.45) is 13.3. The van der Waals surface area contributed by atoms with E-state index < -0.39 is 24.0 Å². The molecule has 2 fully saturated rings. The molecule has 3 N–H and O–H groups in total. The zero-order valence-corrected chi connectivity index (χ0v) is 21.8. The van der Waals surface area contributed by atoms with Crippen molar-refractivity contribution < 1.29 is 32.3 Å². The largest absolute Gasteiger partial charge is 0.393 e. The second kappa shape index (κ2) is 21.6. The lowest BCUT2D eigenvalue weighted by molar-refractivity contribution is -0.171. The van der Waals surface area contributed by atoms with Crippen LogP contribution in [0.3, 0.4) is 0 Å². The van der Waals surface area contributed by atoms with Gasteiger partial charge in [0.25, 0.3) is 0 Å². The lowest BCUT2D eigenvalue weighted by Gasteiger charge is -2.17. The fourth-order valence-electron chi connectivity index (χ4n) is 2.96. The van der Waals surface area contributed by atoms with E-state index in [0.29, 0.717) is 19.4 Å². The van der Waals surface area contributed by atoms with Gasteiger partial charge < -0.3 is 20.9 Å². The Morgan fingerprint density at radius 2 is 1.76 bits per heavy atom. The first kappa shape index (κ1) is 37.8. The van der Waals surface area contributed by atoms with Crippen molar-refractivity contribution >= 4 is 24.1 Å². The molecule has 0 aromatic heterocycles. The number of halogens is 3. The predicted octanol–water partition coefficient (Wildman–Crippen LogP) is 1.85. The fourth-order valence-corrected chi connectivity index (χ4v) is 2.96. The molecule has 0 aromatic rings. The highest BCUT2D eigenvalue weighted by molar-refractivity contribution is 5.83. The summed E-state index contributed by atoms with van der Waals surface area (Å²) in [4.78, 5) is 44.2. The molecule has 0 aromatic carbocycles. The van der Waals surface area contributed by atoms with Gasteiger partial charge in [-0.05, 0) is 25.2 Å². The van der Waals surface area contributed by atoms with Crippen molar-refractivity contribution in [2.24, 2.45) is 17.8 Å². The van der Waals surface area contributed by atoms with Crippen LogP contribution < -0.4 is 16.0 Å². The summed E-state index contributed by atoms with van der Waals surface area (Å²) in [5.74, 6) is -1.60. The summed E-state index contributed by atoms with van der Waals surface area (Å²) >= 11 is 0. The van der Waals surface area contributed by atoms with Crippen molar-refractivity contribution in [3.8, 4) is 31.8 Å². The average molecular weight is 530 g/mol. The quantitative estimate of drug-likeness (QED) is 0.357. The summed E-state index contributed by atoms with van der Waals surface area (Å²) in [5, 5.41) is 15.9. The Morgan fingerprint density at radius 3 is 2.11 bits per heavy atom. The SMILES string of the molecule is C#C.C#C.CC(=O)NCC(=O)N1CC[C@@H](C(F)(F)F)C1.CC(C)C.N#C[C@H](C[C@@H]1CCNC1=O)NC=O. The predicted molar refractivity (Wildman–Crippen MR) is 134 cm³/mol. The van der Waals surface area contributed by atoms with Crippen LogP contribution in [0.25, 0.3) is 0 Å². The van der Waals surface area contributed by atoms with Crippen LogP contribution in [0.2, 0.25) is 0 Å². The summed E-state index contributed by atoms with van der Waals surface area (Å²) in [5.41, 5.74) is 0. The maximum absolute atomic E-state index is 12.3. The smallest absolute Gasteiger partial charge is 0.356 e. The summed E-state index contributed by atoms with van der Waals surface area (Å²) in [7, 11) is 0. The van der Waals surface area contributed by atoms with Crippen molar-refractivity contribution in [2.45, 2.75) is 59.2 Å². The van der Waals surface area contributed by atoms with Gasteiger partial charge in [-0.15, -0.1) is 25.7 Å². The number of alkyl halides is 3. The highest BCUT2D eigenvalue weighted by atomic mass is 19.4. The van der Waals surface area contributed by atoms with Crippen molar-refractivity contribution in [2.75, 3.05) is 26.2 Å². The Kier molecular flexibility index (Phi) is 22.0. The lowest BCUT2D eigenvalue weighted by atomic mass is 9.99. The third-order valence-electron chi connectivity index (χ3n) is 4.60. The Balaban J connectivity index is -0.000000494. The molecule has 2 saturated heterocycles. The fraction of sp³-hybridized carbons (Fsp3) is 0.640. The van der Waals surface area contributed by atoms with Gasteiger partial charge in [-0.3, -0.25) is 19.2 Å². The van der Waals surface area contributed by atoms with Crippen LogP contribution in [-0.2, 0) is 19.2 Å². The van der Waals surface area contributed by atoms with Crippen molar-refractivity contribution in [3.05, 3.63) is 0 Å². The molecule has 2 heterocycles. The number of carbonyl (C=O) groups is 4. The standard InChI is InChI=1S/C9H13F3N2O2.C8H11N3O2.C4H10.2C2H2/c1-6(15)13-4-8(16)14-3-2-7(5-14)9(10,11)12;9-4-7(11-5-12)3-6-1-2-10-8(6)13;1-4(2)3;2*1-2/h7H,2-5H2,1H3,(H,13,15);5-7H,1-3H2,(H,10,13)(H,11,12);4H,1-3H3;2*1-2H/t7-;6-,7-;;;/m10.../s1. The van der Waals surface area contributed by atoms with Crippen LogP contribution in [-0.4, -0.2) is 67.4 Å². The molecule has 2 aliphatic rings. The number of carbonyl (C=O) groups excluding carboxylic acids is 4. The van der Waals surface area contributed by atoms with Crippen molar-refractivity contribution in [1.29, 1.82) is 5.26 Å². The third-order valence-corrected chi connectivity index (χ3v) is 4.60. The topological polar surface area (TPSA) is 131 Å². The molecule has 12 heteroatoms. The number of nitrogens with zero attached hydrogens (tertiary/aromatic N) is 2. The maximum atomic E-state index is 12.3.